The topological polar surface area (TPSA) is 57.7 Å². The molecule has 1 aromatic heterocycles. The van der Waals surface area contributed by atoms with Crippen LogP contribution in [0.4, 0.5) is 17.1 Å². The summed E-state index contributed by atoms with van der Waals surface area (Å²) in [6.45, 7) is 2.46. The normalized spacial score (nSPS) is 21.6. The Hall–Kier alpha value is -4.16. The molecule has 3 aliphatic heterocycles. The number of amides is 1. The van der Waals surface area contributed by atoms with Crippen LogP contribution >= 0.6 is 0 Å². The van der Waals surface area contributed by atoms with Crippen LogP contribution in [0.1, 0.15) is 38.3 Å². The van der Waals surface area contributed by atoms with Gasteiger partial charge in [0.05, 0.1) is 17.1 Å². The minimum absolute atomic E-state index is 0.0826. The number of nitrogens with zero attached hydrogens (tertiary/aromatic N) is 3. The maximum absolute atomic E-state index is 11.8. The first-order valence-electron chi connectivity index (χ1n) is 13.9. The first-order chi connectivity index (χ1) is 19.1. The Bertz CT molecular complexity index is 1510. The molecule has 39 heavy (non-hydrogen) atoms. The fraction of sp³-hybridized carbons (Fsp3) is 0.273. The second kappa shape index (κ2) is 9.86. The lowest BCUT2D eigenvalue weighted by molar-refractivity contribution is -0.114. The highest BCUT2D eigenvalue weighted by Crippen LogP contribution is 2.52. The molecule has 2 fully saturated rings. The largest absolute Gasteiger partial charge is 0.453 e. The quantitative estimate of drug-likeness (QED) is 0.305. The van der Waals surface area contributed by atoms with Crippen molar-refractivity contribution >= 4 is 23.0 Å². The van der Waals surface area contributed by atoms with E-state index in [9.17, 15) is 4.79 Å². The van der Waals surface area contributed by atoms with Gasteiger partial charge in [-0.3, -0.25) is 14.7 Å². The van der Waals surface area contributed by atoms with Gasteiger partial charge in [-0.25, -0.2) is 0 Å². The number of para-hydroxylation sites is 3. The summed E-state index contributed by atoms with van der Waals surface area (Å²) in [6, 6.07) is 30.5. The maximum atomic E-state index is 11.8. The highest BCUT2D eigenvalue weighted by atomic mass is 16.5. The highest BCUT2D eigenvalue weighted by Gasteiger charge is 2.44. The van der Waals surface area contributed by atoms with Gasteiger partial charge in [-0.05, 0) is 73.7 Å². The maximum Gasteiger partial charge on any atom is 0.221 e. The highest BCUT2D eigenvalue weighted by molar-refractivity contribution is 5.94. The second-order valence-electron chi connectivity index (χ2n) is 10.9. The van der Waals surface area contributed by atoms with E-state index in [1.165, 1.54) is 19.8 Å². The SMILES string of the molecule is CC(=O)Nc1ccccc1-c1ccc2c(c1)Oc1ccccc1N2[C@H]1C[C@H]2CC[C@@H](C1)N2Cc1ccccn1. The molecule has 0 radical (unpaired) electrons. The van der Waals surface area contributed by atoms with Gasteiger partial charge >= 0.3 is 0 Å². The van der Waals surface area contributed by atoms with Crippen molar-refractivity contribution in [2.75, 3.05) is 10.2 Å². The van der Waals surface area contributed by atoms with Crippen molar-refractivity contribution in [3.8, 4) is 22.6 Å². The van der Waals surface area contributed by atoms with E-state index in [0.717, 1.165) is 64.8 Å². The van der Waals surface area contributed by atoms with Crippen molar-refractivity contribution in [2.24, 2.45) is 0 Å². The van der Waals surface area contributed by atoms with Crippen molar-refractivity contribution in [1.29, 1.82) is 0 Å². The molecular formula is C33H32N4O2. The Morgan fingerprint density at radius 1 is 0.872 bits per heavy atom. The molecule has 0 unspecified atom stereocenters. The van der Waals surface area contributed by atoms with Crippen LogP contribution in [0, 0.1) is 0 Å². The van der Waals surface area contributed by atoms with Crippen LogP contribution in [0.3, 0.4) is 0 Å². The molecule has 3 aromatic carbocycles. The number of carbonyl (C=O) groups excluding carboxylic acids is 1. The van der Waals surface area contributed by atoms with Gasteiger partial charge in [-0.15, -0.1) is 0 Å². The molecule has 6 heteroatoms. The number of hydrogen-bond acceptors (Lipinski definition) is 5. The number of fused-ring (bicyclic) bond motifs is 4. The third-order valence-corrected chi connectivity index (χ3v) is 8.41. The average Bonchev–Trinajstić information content (AvgIpc) is 3.17. The zero-order chi connectivity index (χ0) is 26.3. The van der Waals surface area contributed by atoms with Gasteiger partial charge in [-0.1, -0.05) is 42.5 Å². The Morgan fingerprint density at radius 3 is 2.41 bits per heavy atom. The fourth-order valence-electron chi connectivity index (χ4n) is 6.77. The summed E-state index contributed by atoms with van der Waals surface area (Å²) in [5, 5.41) is 2.97. The van der Waals surface area contributed by atoms with Crippen molar-refractivity contribution in [1.82, 2.24) is 9.88 Å². The molecular weight excluding hydrogens is 484 g/mol. The minimum atomic E-state index is -0.0826. The molecule has 4 aromatic rings. The Labute approximate surface area is 229 Å². The van der Waals surface area contributed by atoms with Crippen molar-refractivity contribution < 1.29 is 9.53 Å². The third kappa shape index (κ3) is 4.45. The molecule has 3 atom stereocenters. The van der Waals surface area contributed by atoms with Crippen LogP contribution < -0.4 is 15.0 Å². The number of aromatic nitrogens is 1. The average molecular weight is 517 g/mol. The predicted molar refractivity (Wildman–Crippen MR) is 154 cm³/mol. The number of carbonyl (C=O) groups is 1. The van der Waals surface area contributed by atoms with Crippen LogP contribution in [-0.4, -0.2) is 33.9 Å². The number of piperidine rings is 1. The van der Waals surface area contributed by atoms with Crippen LogP contribution in [0.25, 0.3) is 11.1 Å². The molecule has 1 N–H and O–H groups in total. The third-order valence-electron chi connectivity index (χ3n) is 8.41. The molecule has 3 aliphatic rings. The summed E-state index contributed by atoms with van der Waals surface area (Å²) in [5.41, 5.74) is 6.20. The number of benzene rings is 3. The second-order valence-corrected chi connectivity index (χ2v) is 10.9. The molecule has 7 rings (SSSR count). The summed E-state index contributed by atoms with van der Waals surface area (Å²) in [6.07, 6.45) is 6.61. The molecule has 196 valence electrons. The van der Waals surface area contributed by atoms with Crippen molar-refractivity contribution in [3.05, 3.63) is 96.8 Å². The minimum Gasteiger partial charge on any atom is -0.453 e. The lowest BCUT2D eigenvalue weighted by atomic mass is 9.93. The Kier molecular flexibility index (Phi) is 6.05. The first-order valence-corrected chi connectivity index (χ1v) is 13.9. The molecule has 2 bridgehead atoms. The summed E-state index contributed by atoms with van der Waals surface area (Å²) < 4.78 is 6.50. The zero-order valence-electron chi connectivity index (χ0n) is 22.1. The van der Waals surface area contributed by atoms with Gasteiger partial charge in [0.15, 0.2) is 11.5 Å². The van der Waals surface area contributed by atoms with Crippen LogP contribution in [0.15, 0.2) is 91.1 Å². The van der Waals surface area contributed by atoms with E-state index in [1.54, 1.807) is 0 Å². The van der Waals surface area contributed by atoms with E-state index in [2.05, 4.69) is 68.6 Å². The lowest BCUT2D eigenvalue weighted by Gasteiger charge is -2.46. The number of rotatable bonds is 5. The number of ether oxygens (including phenoxy) is 1. The van der Waals surface area contributed by atoms with E-state index < -0.39 is 0 Å². The molecule has 0 saturated carbocycles. The predicted octanol–water partition coefficient (Wildman–Crippen LogP) is 7.15. The van der Waals surface area contributed by atoms with E-state index in [4.69, 9.17) is 4.74 Å². The van der Waals surface area contributed by atoms with E-state index in [1.807, 2.05) is 42.6 Å². The van der Waals surface area contributed by atoms with E-state index >= 15 is 0 Å². The molecule has 0 aliphatic carbocycles. The molecule has 6 nitrogen and oxygen atoms in total. The van der Waals surface area contributed by atoms with Gasteiger partial charge in [0.25, 0.3) is 0 Å². The van der Waals surface area contributed by atoms with Crippen molar-refractivity contribution in [2.45, 2.75) is 57.3 Å². The van der Waals surface area contributed by atoms with E-state index in [0.29, 0.717) is 18.1 Å². The summed E-state index contributed by atoms with van der Waals surface area (Å²) >= 11 is 0. The molecule has 4 heterocycles. The molecule has 1 amide bonds. The van der Waals surface area contributed by atoms with Gasteiger partial charge in [0.2, 0.25) is 5.91 Å². The first kappa shape index (κ1) is 23.9. The van der Waals surface area contributed by atoms with Crippen LogP contribution in [-0.2, 0) is 11.3 Å². The van der Waals surface area contributed by atoms with Gasteiger partial charge < -0.3 is 15.0 Å². The summed E-state index contributed by atoms with van der Waals surface area (Å²) in [5.74, 6) is 1.66. The van der Waals surface area contributed by atoms with Crippen LogP contribution in [0.5, 0.6) is 11.5 Å². The Morgan fingerprint density at radius 2 is 1.62 bits per heavy atom. The zero-order valence-corrected chi connectivity index (χ0v) is 22.1. The van der Waals surface area contributed by atoms with Crippen LogP contribution in [0.2, 0.25) is 0 Å². The smallest absolute Gasteiger partial charge is 0.221 e. The number of nitrogens with one attached hydrogen (secondary N) is 1. The van der Waals surface area contributed by atoms with Crippen molar-refractivity contribution in [3.63, 3.8) is 0 Å². The van der Waals surface area contributed by atoms with E-state index in [-0.39, 0.29) is 5.91 Å². The number of anilines is 3. The standard InChI is InChI=1S/C33H32N4O2/c1-22(38)35-29-10-3-2-9-28(29)23-13-16-31-33(18-23)39-32-12-5-4-11-30(32)37(31)27-19-25-14-15-26(20-27)36(25)21-24-8-6-7-17-34-24/h2-13,16-18,25-27H,14-15,19-21H2,1H3,(H,35,38)/t25-,26+,27+. The monoisotopic (exact) mass is 516 g/mol. The Balaban J connectivity index is 1.22. The van der Waals surface area contributed by atoms with Gasteiger partial charge in [-0.2, -0.15) is 0 Å². The van der Waals surface area contributed by atoms with Gasteiger partial charge in [0.1, 0.15) is 0 Å². The fourth-order valence-corrected chi connectivity index (χ4v) is 6.77. The summed E-state index contributed by atoms with van der Waals surface area (Å²) in [7, 11) is 0. The molecule has 2 saturated heterocycles. The number of hydrogen-bond donors (Lipinski definition) is 1. The van der Waals surface area contributed by atoms with Gasteiger partial charge in [0, 0.05) is 49.0 Å². The lowest BCUT2D eigenvalue weighted by Crippen LogP contribution is -2.49. The summed E-state index contributed by atoms with van der Waals surface area (Å²) in [4.78, 5) is 21.6. The number of pyridine rings is 1. The molecule has 0 spiro atoms.